The van der Waals surface area contributed by atoms with Crippen molar-refractivity contribution in [3.63, 3.8) is 0 Å². The van der Waals surface area contributed by atoms with Gasteiger partial charge in [-0.15, -0.1) is 0 Å². The summed E-state index contributed by atoms with van der Waals surface area (Å²) >= 11 is 0. The summed E-state index contributed by atoms with van der Waals surface area (Å²) in [5.74, 6) is 5.38. The molecule has 4 saturated carbocycles. The summed E-state index contributed by atoms with van der Waals surface area (Å²) in [5, 5.41) is 0. The molecule has 4 aliphatic carbocycles. The van der Waals surface area contributed by atoms with Gasteiger partial charge in [-0.2, -0.15) is 0 Å². The summed E-state index contributed by atoms with van der Waals surface area (Å²) in [7, 11) is 1.74. The van der Waals surface area contributed by atoms with Crippen molar-refractivity contribution in [1.82, 2.24) is 9.80 Å². The molecule has 1 aromatic rings. The SMILES string of the molecule is COc1ccc(C[C@H]2CN3C(=NC[C@@H]3C)N2CCC23CC4CC(CC(C4)C2)C3)cc1. The lowest BCUT2D eigenvalue weighted by Crippen LogP contribution is -2.48. The van der Waals surface area contributed by atoms with E-state index < -0.39 is 0 Å². The van der Waals surface area contributed by atoms with E-state index >= 15 is 0 Å². The lowest BCUT2D eigenvalue weighted by Gasteiger charge is -2.57. The van der Waals surface area contributed by atoms with E-state index in [9.17, 15) is 0 Å². The van der Waals surface area contributed by atoms with Gasteiger partial charge in [-0.1, -0.05) is 12.1 Å². The van der Waals surface area contributed by atoms with Crippen LogP contribution >= 0.6 is 0 Å². The lowest BCUT2D eigenvalue weighted by molar-refractivity contribution is -0.0595. The highest BCUT2D eigenvalue weighted by Crippen LogP contribution is 2.61. The maximum atomic E-state index is 5.35. The van der Waals surface area contributed by atoms with Gasteiger partial charge in [0.15, 0.2) is 5.96 Å². The molecule has 30 heavy (non-hydrogen) atoms. The second kappa shape index (κ2) is 7.17. The minimum Gasteiger partial charge on any atom is -0.497 e. The normalized spacial score (nSPS) is 38.9. The molecule has 0 amide bonds. The highest BCUT2D eigenvalue weighted by Gasteiger charge is 2.51. The van der Waals surface area contributed by atoms with Crippen molar-refractivity contribution in [3.8, 4) is 5.75 Å². The molecule has 2 aliphatic heterocycles. The zero-order valence-electron chi connectivity index (χ0n) is 18.7. The van der Waals surface area contributed by atoms with Gasteiger partial charge in [0.1, 0.15) is 5.75 Å². The van der Waals surface area contributed by atoms with Gasteiger partial charge in [-0.25, -0.2) is 0 Å². The number of hydrogen-bond acceptors (Lipinski definition) is 4. The van der Waals surface area contributed by atoms with Gasteiger partial charge in [0, 0.05) is 19.1 Å². The van der Waals surface area contributed by atoms with Crippen LogP contribution in [0.25, 0.3) is 0 Å². The van der Waals surface area contributed by atoms with Gasteiger partial charge >= 0.3 is 0 Å². The first kappa shape index (κ1) is 19.0. The van der Waals surface area contributed by atoms with Crippen LogP contribution in [0.2, 0.25) is 0 Å². The molecule has 162 valence electrons. The number of fused-ring (bicyclic) bond motifs is 1. The molecular formula is C26H37N3O. The Bertz CT molecular complexity index is 781. The molecule has 0 N–H and O–H groups in total. The number of guanidine groups is 1. The molecule has 5 fully saturated rings. The van der Waals surface area contributed by atoms with Crippen molar-refractivity contribution in [2.75, 3.05) is 26.7 Å². The maximum absolute atomic E-state index is 5.35. The fourth-order valence-corrected chi connectivity index (χ4v) is 8.05. The molecule has 0 unspecified atom stereocenters. The third kappa shape index (κ3) is 3.22. The Kier molecular flexibility index (Phi) is 4.54. The summed E-state index contributed by atoms with van der Waals surface area (Å²) < 4.78 is 5.35. The summed E-state index contributed by atoms with van der Waals surface area (Å²) in [6.45, 7) is 5.64. The van der Waals surface area contributed by atoms with Crippen LogP contribution in [0, 0.1) is 23.2 Å². The van der Waals surface area contributed by atoms with E-state index in [4.69, 9.17) is 9.73 Å². The van der Waals surface area contributed by atoms with Crippen LogP contribution in [0.5, 0.6) is 5.75 Å². The number of ether oxygens (including phenoxy) is 1. The van der Waals surface area contributed by atoms with Gasteiger partial charge in [0.05, 0.1) is 19.7 Å². The molecule has 0 aromatic heterocycles. The first-order valence-electron chi connectivity index (χ1n) is 12.3. The molecule has 7 rings (SSSR count). The molecule has 4 nitrogen and oxygen atoms in total. The summed E-state index contributed by atoms with van der Waals surface area (Å²) in [5.41, 5.74) is 2.06. The van der Waals surface area contributed by atoms with Gasteiger partial charge < -0.3 is 14.5 Å². The van der Waals surface area contributed by atoms with E-state index in [1.807, 2.05) is 0 Å². The second-order valence-corrected chi connectivity index (χ2v) is 11.2. The molecule has 4 heteroatoms. The fourth-order valence-electron chi connectivity index (χ4n) is 8.05. The molecule has 0 spiro atoms. The molecule has 1 aromatic carbocycles. The average molecular weight is 408 g/mol. The number of hydrogen-bond donors (Lipinski definition) is 0. The van der Waals surface area contributed by atoms with Crippen molar-refractivity contribution in [3.05, 3.63) is 29.8 Å². The predicted molar refractivity (Wildman–Crippen MR) is 121 cm³/mol. The molecule has 1 saturated heterocycles. The van der Waals surface area contributed by atoms with E-state index in [2.05, 4.69) is 41.0 Å². The van der Waals surface area contributed by atoms with E-state index in [1.165, 1.54) is 43.8 Å². The van der Waals surface area contributed by atoms with Crippen LogP contribution in [-0.4, -0.2) is 54.6 Å². The van der Waals surface area contributed by atoms with Crippen LogP contribution in [0.1, 0.15) is 57.4 Å². The van der Waals surface area contributed by atoms with E-state index in [0.29, 0.717) is 17.5 Å². The lowest BCUT2D eigenvalue weighted by atomic mass is 9.49. The number of rotatable bonds is 6. The van der Waals surface area contributed by atoms with Crippen molar-refractivity contribution < 1.29 is 4.74 Å². The van der Waals surface area contributed by atoms with Crippen molar-refractivity contribution in [2.45, 2.75) is 70.4 Å². The van der Waals surface area contributed by atoms with E-state index in [-0.39, 0.29) is 0 Å². The minimum atomic E-state index is 0.550. The molecule has 6 aliphatic rings. The van der Waals surface area contributed by atoms with Gasteiger partial charge in [-0.05, 0) is 99.2 Å². The van der Waals surface area contributed by atoms with Gasteiger partial charge in [-0.3, -0.25) is 4.99 Å². The topological polar surface area (TPSA) is 28.1 Å². The number of nitrogens with zero attached hydrogens (tertiary/aromatic N) is 3. The summed E-state index contributed by atoms with van der Waals surface area (Å²) in [6.07, 6.45) is 11.7. The number of aliphatic imine (C=N–C) groups is 1. The highest BCUT2D eigenvalue weighted by atomic mass is 16.5. The largest absolute Gasteiger partial charge is 0.497 e. The molecule has 2 atom stereocenters. The van der Waals surface area contributed by atoms with Crippen molar-refractivity contribution in [1.29, 1.82) is 0 Å². The molecule has 4 bridgehead atoms. The molecule has 2 heterocycles. The monoisotopic (exact) mass is 407 g/mol. The maximum Gasteiger partial charge on any atom is 0.197 e. The first-order chi connectivity index (χ1) is 14.6. The van der Waals surface area contributed by atoms with Crippen LogP contribution in [0.3, 0.4) is 0 Å². The summed E-state index contributed by atoms with van der Waals surface area (Å²) in [4.78, 5) is 10.3. The Hall–Kier alpha value is -1.71. The summed E-state index contributed by atoms with van der Waals surface area (Å²) in [6, 6.07) is 9.79. The zero-order chi connectivity index (χ0) is 20.3. The Morgan fingerprint density at radius 3 is 2.33 bits per heavy atom. The average Bonchev–Trinajstić information content (AvgIpc) is 3.25. The van der Waals surface area contributed by atoms with Crippen molar-refractivity contribution in [2.24, 2.45) is 28.2 Å². The Labute approximate surface area is 181 Å². The first-order valence-corrected chi connectivity index (χ1v) is 12.3. The standard InChI is InChI=1S/C26H37N3O/c1-18-16-27-25-28(8-7-26-13-20-9-21(14-26)11-22(10-20)15-26)23(17-29(18)25)12-19-3-5-24(30-2)6-4-19/h3-6,18,20-23H,7-17H2,1-2H3/t18-,20?,21?,22?,23-,26?/m0/s1. The fraction of sp³-hybridized carbons (Fsp3) is 0.731. The van der Waals surface area contributed by atoms with Crippen LogP contribution < -0.4 is 4.74 Å². The predicted octanol–water partition coefficient (Wildman–Crippen LogP) is 4.59. The van der Waals surface area contributed by atoms with E-state index in [0.717, 1.165) is 43.0 Å². The van der Waals surface area contributed by atoms with Crippen LogP contribution in [0.4, 0.5) is 0 Å². The quantitative estimate of drug-likeness (QED) is 0.690. The second-order valence-electron chi connectivity index (χ2n) is 11.2. The number of methoxy groups -OCH3 is 1. The molecular weight excluding hydrogens is 370 g/mol. The Balaban J connectivity index is 1.19. The smallest absolute Gasteiger partial charge is 0.197 e. The van der Waals surface area contributed by atoms with E-state index in [1.54, 1.807) is 26.4 Å². The molecule has 0 radical (unpaired) electrons. The highest BCUT2D eigenvalue weighted by molar-refractivity contribution is 5.84. The van der Waals surface area contributed by atoms with Gasteiger partial charge in [0.2, 0.25) is 0 Å². The van der Waals surface area contributed by atoms with Crippen LogP contribution in [-0.2, 0) is 6.42 Å². The Morgan fingerprint density at radius 2 is 1.70 bits per heavy atom. The zero-order valence-corrected chi connectivity index (χ0v) is 18.7. The number of benzene rings is 1. The third-order valence-electron chi connectivity index (χ3n) is 9.07. The van der Waals surface area contributed by atoms with Gasteiger partial charge in [0.25, 0.3) is 0 Å². The Morgan fingerprint density at radius 1 is 1.03 bits per heavy atom. The van der Waals surface area contributed by atoms with Crippen molar-refractivity contribution >= 4 is 5.96 Å². The minimum absolute atomic E-state index is 0.550. The van der Waals surface area contributed by atoms with Crippen LogP contribution in [0.15, 0.2) is 29.3 Å². The third-order valence-corrected chi connectivity index (χ3v) is 9.07.